The van der Waals surface area contributed by atoms with Crippen LogP contribution in [0, 0.1) is 9.49 Å². The van der Waals surface area contributed by atoms with E-state index in [-0.39, 0.29) is 0 Å². The van der Waals surface area contributed by atoms with Gasteiger partial charge in [-0.15, -0.1) is 11.6 Å². The van der Waals surface area contributed by atoms with Gasteiger partial charge in [0.2, 0.25) is 0 Å². The van der Waals surface area contributed by atoms with Gasteiger partial charge < -0.3 is 9.30 Å². The van der Waals surface area contributed by atoms with Crippen LogP contribution < -0.4 is 0 Å². The van der Waals surface area contributed by atoms with Gasteiger partial charge in [-0.2, -0.15) is 0 Å². The van der Waals surface area contributed by atoms with E-state index in [4.69, 9.17) is 16.3 Å². The second-order valence-corrected chi connectivity index (χ2v) is 6.54. The Morgan fingerprint density at radius 2 is 2.37 bits per heavy atom. The molecule has 1 saturated heterocycles. The van der Waals surface area contributed by atoms with Crippen LogP contribution in [0.3, 0.4) is 0 Å². The fourth-order valence-electron chi connectivity index (χ4n) is 2.71. The Kier molecular flexibility index (Phi) is 4.01. The summed E-state index contributed by atoms with van der Waals surface area (Å²) in [4.78, 5) is 4.64. The topological polar surface area (TPSA) is 27.1 Å². The third-order valence-corrected chi connectivity index (χ3v) is 4.77. The average molecular weight is 391 g/mol. The standard InChI is InChI=1S/C14H16ClIN2O/c1-9-10(4-5-19-9)8-18-13-3-2-11(16)6-12(13)17-14(18)7-15/h2-3,6,9-10H,4-5,7-8H2,1H3. The number of fused-ring (bicyclic) bond motifs is 1. The van der Waals surface area contributed by atoms with Gasteiger partial charge in [0.05, 0.1) is 23.0 Å². The summed E-state index contributed by atoms with van der Waals surface area (Å²) in [6.45, 7) is 3.97. The van der Waals surface area contributed by atoms with Crippen LogP contribution in [-0.4, -0.2) is 22.3 Å². The van der Waals surface area contributed by atoms with Gasteiger partial charge in [0.1, 0.15) is 5.82 Å². The fraction of sp³-hybridized carbons (Fsp3) is 0.500. The first-order chi connectivity index (χ1) is 9.19. The number of hydrogen-bond donors (Lipinski definition) is 0. The molecule has 0 radical (unpaired) electrons. The minimum absolute atomic E-state index is 0.324. The molecule has 0 bridgehead atoms. The summed E-state index contributed by atoms with van der Waals surface area (Å²) in [6, 6.07) is 6.37. The minimum Gasteiger partial charge on any atom is -0.378 e. The normalized spacial score (nSPS) is 23.3. The zero-order valence-electron chi connectivity index (χ0n) is 10.8. The summed E-state index contributed by atoms with van der Waals surface area (Å²) in [7, 11) is 0. The lowest BCUT2D eigenvalue weighted by atomic mass is 10.0. The van der Waals surface area contributed by atoms with Gasteiger partial charge >= 0.3 is 0 Å². The highest BCUT2D eigenvalue weighted by Crippen LogP contribution is 2.26. The molecule has 0 N–H and O–H groups in total. The largest absolute Gasteiger partial charge is 0.378 e. The first-order valence-electron chi connectivity index (χ1n) is 6.51. The zero-order chi connectivity index (χ0) is 13.4. The van der Waals surface area contributed by atoms with E-state index >= 15 is 0 Å². The quantitative estimate of drug-likeness (QED) is 0.589. The van der Waals surface area contributed by atoms with Crippen molar-refractivity contribution in [2.75, 3.05) is 6.61 Å². The summed E-state index contributed by atoms with van der Waals surface area (Å²) in [5.41, 5.74) is 2.21. The van der Waals surface area contributed by atoms with E-state index in [0.717, 1.165) is 30.9 Å². The van der Waals surface area contributed by atoms with E-state index in [1.54, 1.807) is 0 Å². The minimum atomic E-state index is 0.324. The number of nitrogens with zero attached hydrogens (tertiary/aromatic N) is 2. The van der Waals surface area contributed by atoms with Crippen LogP contribution >= 0.6 is 34.2 Å². The second kappa shape index (κ2) is 5.58. The molecule has 0 amide bonds. The van der Waals surface area contributed by atoms with Gasteiger partial charge in [-0.1, -0.05) is 0 Å². The Balaban J connectivity index is 2.00. The molecule has 0 saturated carbocycles. The molecule has 0 spiro atoms. The van der Waals surface area contributed by atoms with Crippen molar-refractivity contribution in [2.24, 2.45) is 5.92 Å². The molecule has 1 aromatic carbocycles. The smallest absolute Gasteiger partial charge is 0.124 e. The predicted molar refractivity (Wildman–Crippen MR) is 85.5 cm³/mol. The SMILES string of the molecule is CC1OCCC1Cn1c(CCl)nc2cc(I)ccc21. The van der Waals surface area contributed by atoms with Crippen LogP contribution in [0.25, 0.3) is 11.0 Å². The maximum absolute atomic E-state index is 6.05. The summed E-state index contributed by atoms with van der Waals surface area (Å²) in [5, 5.41) is 0. The number of rotatable bonds is 3. The first-order valence-corrected chi connectivity index (χ1v) is 8.12. The molecule has 0 aliphatic carbocycles. The predicted octanol–water partition coefficient (Wildman–Crippen LogP) is 3.80. The molecule has 2 heterocycles. The number of imidazole rings is 1. The summed E-state index contributed by atoms with van der Waals surface area (Å²) >= 11 is 8.36. The lowest BCUT2D eigenvalue weighted by Gasteiger charge is -2.16. The Bertz CT molecular complexity index is 598. The molecular formula is C14H16ClIN2O. The van der Waals surface area contributed by atoms with E-state index in [0.29, 0.717) is 17.9 Å². The maximum atomic E-state index is 6.05. The van der Waals surface area contributed by atoms with Crippen LogP contribution in [-0.2, 0) is 17.2 Å². The van der Waals surface area contributed by atoms with Gasteiger partial charge in [-0.25, -0.2) is 4.98 Å². The van der Waals surface area contributed by atoms with Crippen LogP contribution in [0.5, 0.6) is 0 Å². The number of aromatic nitrogens is 2. The molecular weight excluding hydrogens is 375 g/mol. The number of halogens is 2. The van der Waals surface area contributed by atoms with Gasteiger partial charge in [-0.3, -0.25) is 0 Å². The van der Waals surface area contributed by atoms with Crippen molar-refractivity contribution in [1.82, 2.24) is 9.55 Å². The van der Waals surface area contributed by atoms with Crippen molar-refractivity contribution in [1.29, 1.82) is 0 Å². The monoisotopic (exact) mass is 390 g/mol. The Morgan fingerprint density at radius 3 is 3.05 bits per heavy atom. The summed E-state index contributed by atoms with van der Waals surface area (Å²) in [6.07, 6.45) is 1.44. The van der Waals surface area contributed by atoms with E-state index < -0.39 is 0 Å². The third-order valence-electron chi connectivity index (χ3n) is 3.86. The molecule has 2 aromatic rings. The average Bonchev–Trinajstić information content (AvgIpc) is 2.94. The van der Waals surface area contributed by atoms with Gasteiger partial charge in [0, 0.05) is 22.6 Å². The highest BCUT2D eigenvalue weighted by Gasteiger charge is 2.26. The second-order valence-electron chi connectivity index (χ2n) is 5.03. The molecule has 1 aliphatic heterocycles. The van der Waals surface area contributed by atoms with E-state index in [2.05, 4.69) is 57.3 Å². The third kappa shape index (κ3) is 2.62. The molecule has 5 heteroatoms. The lowest BCUT2D eigenvalue weighted by Crippen LogP contribution is -2.19. The number of ether oxygens (including phenoxy) is 1. The van der Waals surface area contributed by atoms with E-state index in [1.807, 2.05) is 0 Å². The highest BCUT2D eigenvalue weighted by molar-refractivity contribution is 14.1. The van der Waals surface area contributed by atoms with E-state index in [1.165, 1.54) is 9.09 Å². The van der Waals surface area contributed by atoms with Gasteiger partial charge in [0.25, 0.3) is 0 Å². The van der Waals surface area contributed by atoms with Crippen LogP contribution in [0.15, 0.2) is 18.2 Å². The Labute approximate surface area is 131 Å². The van der Waals surface area contributed by atoms with Crippen LogP contribution in [0.4, 0.5) is 0 Å². The molecule has 1 aromatic heterocycles. The van der Waals surface area contributed by atoms with Crippen molar-refractivity contribution < 1.29 is 4.74 Å². The lowest BCUT2D eigenvalue weighted by molar-refractivity contribution is 0.102. The van der Waals surface area contributed by atoms with Crippen molar-refractivity contribution in [3.05, 3.63) is 27.6 Å². The van der Waals surface area contributed by atoms with Gasteiger partial charge in [-0.05, 0) is 54.1 Å². The van der Waals surface area contributed by atoms with Crippen molar-refractivity contribution in [3.63, 3.8) is 0 Å². The molecule has 3 rings (SSSR count). The van der Waals surface area contributed by atoms with Crippen molar-refractivity contribution in [2.45, 2.75) is 31.9 Å². The Hall–Kier alpha value is -0.330. The van der Waals surface area contributed by atoms with Crippen LogP contribution in [0.2, 0.25) is 0 Å². The first kappa shape index (κ1) is 13.6. The zero-order valence-corrected chi connectivity index (χ0v) is 13.7. The van der Waals surface area contributed by atoms with Gasteiger partial charge in [0.15, 0.2) is 0 Å². The van der Waals surface area contributed by atoms with Crippen molar-refractivity contribution >= 4 is 45.2 Å². The number of benzene rings is 1. The van der Waals surface area contributed by atoms with Crippen molar-refractivity contribution in [3.8, 4) is 0 Å². The molecule has 1 aliphatic rings. The molecule has 102 valence electrons. The van der Waals surface area contributed by atoms with Crippen LogP contribution in [0.1, 0.15) is 19.2 Å². The molecule has 2 atom stereocenters. The fourth-order valence-corrected chi connectivity index (χ4v) is 3.39. The molecule has 3 nitrogen and oxygen atoms in total. The summed E-state index contributed by atoms with van der Waals surface area (Å²) in [5.74, 6) is 1.96. The Morgan fingerprint density at radius 1 is 1.53 bits per heavy atom. The number of hydrogen-bond acceptors (Lipinski definition) is 2. The van der Waals surface area contributed by atoms with E-state index in [9.17, 15) is 0 Å². The maximum Gasteiger partial charge on any atom is 0.124 e. The summed E-state index contributed by atoms with van der Waals surface area (Å²) < 4.78 is 9.11. The molecule has 19 heavy (non-hydrogen) atoms. The highest BCUT2D eigenvalue weighted by atomic mass is 127. The molecule has 1 fully saturated rings. The number of alkyl halides is 1. The molecule has 2 unspecified atom stereocenters.